The molecule has 1 unspecified atom stereocenters. The van der Waals surface area contributed by atoms with Crippen LogP contribution in [-0.4, -0.2) is 6.54 Å². The Labute approximate surface area is 112 Å². The van der Waals surface area contributed by atoms with E-state index in [-0.39, 0.29) is 11.5 Å². The van der Waals surface area contributed by atoms with E-state index in [1.807, 2.05) is 30.3 Å². The zero-order valence-electron chi connectivity index (χ0n) is 10.7. The quantitative estimate of drug-likeness (QED) is 0.873. The highest BCUT2D eigenvalue weighted by molar-refractivity contribution is 5.23. The van der Waals surface area contributed by atoms with Crippen LogP contribution in [0.2, 0.25) is 0 Å². The smallest absolute Gasteiger partial charge is 0.129 e. The van der Waals surface area contributed by atoms with Gasteiger partial charge in [-0.2, -0.15) is 0 Å². The minimum absolute atomic E-state index is 0.125. The van der Waals surface area contributed by atoms with Gasteiger partial charge in [0.1, 0.15) is 11.6 Å². The number of nitrogens with two attached hydrogens (primary N) is 1. The third-order valence-electron chi connectivity index (χ3n) is 3.36. The van der Waals surface area contributed by atoms with Crippen LogP contribution in [0.15, 0.2) is 48.5 Å². The molecule has 0 heterocycles. The predicted octanol–water partition coefficient (Wildman–Crippen LogP) is 3.64. The number of halogens is 2. The standard InChI is InChI=1S/C16H17F2N/c17-15-7-4-8-16(18)14(15)10-9-13(11-19)12-5-2-1-3-6-12/h1-8,13H,9-11,19H2. The van der Waals surface area contributed by atoms with E-state index in [1.54, 1.807) is 0 Å². The van der Waals surface area contributed by atoms with Gasteiger partial charge < -0.3 is 5.73 Å². The molecule has 0 aliphatic heterocycles. The first-order chi connectivity index (χ1) is 9.22. The topological polar surface area (TPSA) is 26.0 Å². The molecule has 0 aliphatic carbocycles. The van der Waals surface area contributed by atoms with Crippen molar-refractivity contribution in [3.05, 3.63) is 71.3 Å². The molecule has 3 heteroatoms. The monoisotopic (exact) mass is 261 g/mol. The van der Waals surface area contributed by atoms with Crippen LogP contribution in [0.4, 0.5) is 8.78 Å². The van der Waals surface area contributed by atoms with Gasteiger partial charge in [0.05, 0.1) is 0 Å². The summed E-state index contributed by atoms with van der Waals surface area (Å²) in [7, 11) is 0. The van der Waals surface area contributed by atoms with E-state index in [4.69, 9.17) is 5.73 Å². The Hall–Kier alpha value is -1.74. The van der Waals surface area contributed by atoms with Crippen LogP contribution >= 0.6 is 0 Å². The minimum atomic E-state index is -0.483. The molecule has 0 radical (unpaired) electrons. The lowest BCUT2D eigenvalue weighted by atomic mass is 9.92. The third kappa shape index (κ3) is 3.38. The summed E-state index contributed by atoms with van der Waals surface area (Å²) in [5, 5.41) is 0. The fourth-order valence-corrected chi connectivity index (χ4v) is 2.24. The highest BCUT2D eigenvalue weighted by Crippen LogP contribution is 2.22. The van der Waals surface area contributed by atoms with Gasteiger partial charge in [-0.3, -0.25) is 0 Å². The van der Waals surface area contributed by atoms with E-state index >= 15 is 0 Å². The first kappa shape index (κ1) is 13.7. The lowest BCUT2D eigenvalue weighted by Crippen LogP contribution is -2.14. The van der Waals surface area contributed by atoms with Gasteiger partial charge in [-0.25, -0.2) is 8.78 Å². The highest BCUT2D eigenvalue weighted by Gasteiger charge is 2.13. The lowest BCUT2D eigenvalue weighted by molar-refractivity contribution is 0.536. The van der Waals surface area contributed by atoms with Crippen LogP contribution in [-0.2, 0) is 6.42 Å². The second-order valence-corrected chi connectivity index (χ2v) is 4.58. The van der Waals surface area contributed by atoms with Crippen molar-refractivity contribution in [1.82, 2.24) is 0 Å². The maximum Gasteiger partial charge on any atom is 0.129 e. The molecule has 0 spiro atoms. The molecule has 0 saturated heterocycles. The minimum Gasteiger partial charge on any atom is -0.330 e. The molecule has 2 aromatic carbocycles. The van der Waals surface area contributed by atoms with Crippen molar-refractivity contribution in [2.24, 2.45) is 5.73 Å². The molecule has 0 aliphatic rings. The molecule has 1 nitrogen and oxygen atoms in total. The Kier molecular flexibility index (Phi) is 4.63. The number of rotatable bonds is 5. The Morgan fingerprint density at radius 3 is 2.11 bits per heavy atom. The van der Waals surface area contributed by atoms with Gasteiger partial charge in [-0.15, -0.1) is 0 Å². The summed E-state index contributed by atoms with van der Waals surface area (Å²) < 4.78 is 27.1. The molecule has 2 aromatic rings. The largest absolute Gasteiger partial charge is 0.330 e. The molecule has 100 valence electrons. The van der Waals surface area contributed by atoms with E-state index in [2.05, 4.69) is 0 Å². The van der Waals surface area contributed by atoms with E-state index in [0.29, 0.717) is 19.4 Å². The summed E-state index contributed by atoms with van der Waals surface area (Å²) in [6.45, 7) is 0.472. The molecule has 0 amide bonds. The van der Waals surface area contributed by atoms with Crippen molar-refractivity contribution in [3.63, 3.8) is 0 Å². The fourth-order valence-electron chi connectivity index (χ4n) is 2.24. The predicted molar refractivity (Wildman–Crippen MR) is 72.9 cm³/mol. The molecule has 1 atom stereocenters. The van der Waals surface area contributed by atoms with Gasteiger partial charge in [0, 0.05) is 5.56 Å². The Balaban J connectivity index is 2.09. The van der Waals surface area contributed by atoms with Crippen LogP contribution < -0.4 is 5.73 Å². The SMILES string of the molecule is NCC(CCc1c(F)cccc1F)c1ccccc1. The molecule has 2 rings (SSSR count). The summed E-state index contributed by atoms with van der Waals surface area (Å²) >= 11 is 0. The Morgan fingerprint density at radius 2 is 1.53 bits per heavy atom. The fraction of sp³-hybridized carbons (Fsp3) is 0.250. The van der Waals surface area contributed by atoms with Crippen LogP contribution in [0.5, 0.6) is 0 Å². The maximum absolute atomic E-state index is 13.5. The molecule has 0 saturated carbocycles. The van der Waals surface area contributed by atoms with Crippen molar-refractivity contribution < 1.29 is 8.78 Å². The van der Waals surface area contributed by atoms with Gasteiger partial charge in [-0.1, -0.05) is 36.4 Å². The first-order valence-electron chi connectivity index (χ1n) is 6.40. The zero-order chi connectivity index (χ0) is 13.7. The summed E-state index contributed by atoms with van der Waals surface area (Å²) in [4.78, 5) is 0. The summed E-state index contributed by atoms with van der Waals surface area (Å²) in [5.41, 5.74) is 7.02. The van der Waals surface area contributed by atoms with Crippen molar-refractivity contribution >= 4 is 0 Å². The molecular formula is C16H17F2N. The molecular weight excluding hydrogens is 244 g/mol. The van der Waals surface area contributed by atoms with Gasteiger partial charge in [0.2, 0.25) is 0 Å². The van der Waals surface area contributed by atoms with Crippen LogP contribution in [0.3, 0.4) is 0 Å². The molecule has 0 aromatic heterocycles. The zero-order valence-corrected chi connectivity index (χ0v) is 10.7. The van der Waals surface area contributed by atoms with Crippen LogP contribution in [0.1, 0.15) is 23.5 Å². The van der Waals surface area contributed by atoms with E-state index < -0.39 is 11.6 Å². The van der Waals surface area contributed by atoms with E-state index in [0.717, 1.165) is 5.56 Å². The third-order valence-corrected chi connectivity index (χ3v) is 3.36. The summed E-state index contributed by atoms with van der Waals surface area (Å²) in [6.07, 6.45) is 0.994. The average molecular weight is 261 g/mol. The van der Waals surface area contributed by atoms with E-state index in [1.165, 1.54) is 18.2 Å². The number of benzene rings is 2. The maximum atomic E-state index is 13.5. The Morgan fingerprint density at radius 1 is 0.895 bits per heavy atom. The molecule has 0 bridgehead atoms. The lowest BCUT2D eigenvalue weighted by Gasteiger charge is -2.15. The average Bonchev–Trinajstić information content (AvgIpc) is 2.43. The molecule has 2 N–H and O–H groups in total. The van der Waals surface area contributed by atoms with E-state index in [9.17, 15) is 8.78 Å². The van der Waals surface area contributed by atoms with Gasteiger partial charge in [-0.05, 0) is 43.0 Å². The highest BCUT2D eigenvalue weighted by atomic mass is 19.1. The van der Waals surface area contributed by atoms with Crippen molar-refractivity contribution in [3.8, 4) is 0 Å². The number of hydrogen-bond donors (Lipinski definition) is 1. The number of hydrogen-bond acceptors (Lipinski definition) is 1. The summed E-state index contributed by atoms with van der Waals surface area (Å²) in [6, 6.07) is 13.8. The second-order valence-electron chi connectivity index (χ2n) is 4.58. The van der Waals surface area contributed by atoms with Crippen LogP contribution in [0, 0.1) is 11.6 Å². The van der Waals surface area contributed by atoms with Gasteiger partial charge in [0.15, 0.2) is 0 Å². The van der Waals surface area contributed by atoms with Gasteiger partial charge in [0.25, 0.3) is 0 Å². The summed E-state index contributed by atoms with van der Waals surface area (Å²) in [5.74, 6) is -0.840. The van der Waals surface area contributed by atoms with Crippen LogP contribution in [0.25, 0.3) is 0 Å². The molecule has 0 fully saturated rings. The Bertz CT molecular complexity index is 505. The molecule has 19 heavy (non-hydrogen) atoms. The normalized spacial score (nSPS) is 12.4. The van der Waals surface area contributed by atoms with Gasteiger partial charge >= 0.3 is 0 Å². The second kappa shape index (κ2) is 6.43. The first-order valence-corrected chi connectivity index (χ1v) is 6.40. The van der Waals surface area contributed by atoms with Crippen molar-refractivity contribution in [2.45, 2.75) is 18.8 Å². The van der Waals surface area contributed by atoms with Crippen molar-refractivity contribution in [1.29, 1.82) is 0 Å². The van der Waals surface area contributed by atoms with Crippen molar-refractivity contribution in [2.75, 3.05) is 6.54 Å².